The van der Waals surface area contributed by atoms with Gasteiger partial charge in [0.15, 0.2) is 0 Å². The van der Waals surface area contributed by atoms with E-state index in [1.165, 1.54) is 18.6 Å². The van der Waals surface area contributed by atoms with Gasteiger partial charge in [0.05, 0.1) is 11.1 Å². The summed E-state index contributed by atoms with van der Waals surface area (Å²) in [6, 6.07) is 6.66. The molecule has 1 fully saturated rings. The van der Waals surface area contributed by atoms with Crippen molar-refractivity contribution in [2.24, 2.45) is 0 Å². The third kappa shape index (κ3) is 4.50. The number of carbonyl (C=O) groups is 1. The maximum atomic E-state index is 12.7. The molecule has 31 heavy (non-hydrogen) atoms. The molecule has 9 heteroatoms. The Hall–Kier alpha value is -3.10. The van der Waals surface area contributed by atoms with Crippen molar-refractivity contribution in [2.45, 2.75) is 58.3 Å². The molecule has 164 valence electrons. The Bertz CT molecular complexity index is 1080. The van der Waals surface area contributed by atoms with Crippen LogP contribution in [0, 0.1) is 13.8 Å². The van der Waals surface area contributed by atoms with Crippen molar-refractivity contribution in [1.29, 1.82) is 0 Å². The summed E-state index contributed by atoms with van der Waals surface area (Å²) in [7, 11) is 0. The lowest BCUT2D eigenvalue weighted by Crippen LogP contribution is -2.27. The Morgan fingerprint density at radius 2 is 1.90 bits per heavy atom. The Kier molecular flexibility index (Phi) is 5.60. The topological polar surface area (TPSA) is 73.0 Å². The minimum Gasteiger partial charge on any atom is -0.420 e. The van der Waals surface area contributed by atoms with Crippen LogP contribution < -0.4 is 5.32 Å². The third-order valence-corrected chi connectivity index (χ3v) is 5.77. The molecule has 1 aromatic carbocycles. The standard InChI is InChI=1S/C22H23F3N4O2/c1-13-10-18(21-28-27-20(31-21)16-4-3-5-16)14(2)29(13)12-19(30)26-11-15-6-8-17(9-7-15)22(23,24)25/h6-10,16H,3-5,11-12H2,1-2H3,(H,26,30). The quantitative estimate of drug-likeness (QED) is 0.610. The summed E-state index contributed by atoms with van der Waals surface area (Å²) in [6.07, 6.45) is -1.06. The van der Waals surface area contributed by atoms with E-state index in [0.29, 0.717) is 23.3 Å². The molecular formula is C22H23F3N4O2. The molecule has 0 spiro atoms. The van der Waals surface area contributed by atoms with E-state index in [1.54, 1.807) is 0 Å². The third-order valence-electron chi connectivity index (χ3n) is 5.77. The maximum Gasteiger partial charge on any atom is 0.416 e. The first-order valence-electron chi connectivity index (χ1n) is 10.2. The summed E-state index contributed by atoms with van der Waals surface area (Å²) < 4.78 is 45.7. The van der Waals surface area contributed by atoms with E-state index in [9.17, 15) is 18.0 Å². The number of alkyl halides is 3. The molecule has 0 bridgehead atoms. The molecule has 0 atom stereocenters. The average Bonchev–Trinajstić information content (AvgIpc) is 3.25. The second-order valence-electron chi connectivity index (χ2n) is 7.92. The largest absolute Gasteiger partial charge is 0.420 e. The van der Waals surface area contributed by atoms with Crippen LogP contribution in [0.1, 0.15) is 53.6 Å². The van der Waals surface area contributed by atoms with Crippen LogP contribution in [0.15, 0.2) is 34.7 Å². The maximum absolute atomic E-state index is 12.7. The van der Waals surface area contributed by atoms with Gasteiger partial charge in [0.25, 0.3) is 0 Å². The highest BCUT2D eigenvalue weighted by Crippen LogP contribution is 2.37. The summed E-state index contributed by atoms with van der Waals surface area (Å²) in [4.78, 5) is 12.4. The van der Waals surface area contributed by atoms with Crippen LogP contribution >= 0.6 is 0 Å². The highest BCUT2D eigenvalue weighted by Gasteiger charge is 2.30. The van der Waals surface area contributed by atoms with Gasteiger partial charge in [0.1, 0.15) is 6.54 Å². The molecule has 0 radical (unpaired) electrons. The highest BCUT2D eigenvalue weighted by atomic mass is 19.4. The van der Waals surface area contributed by atoms with E-state index in [4.69, 9.17) is 4.42 Å². The summed E-state index contributed by atoms with van der Waals surface area (Å²) in [5.41, 5.74) is 2.39. The number of halogens is 3. The monoisotopic (exact) mass is 432 g/mol. The highest BCUT2D eigenvalue weighted by molar-refractivity contribution is 5.76. The smallest absolute Gasteiger partial charge is 0.416 e. The predicted octanol–water partition coefficient (Wildman–Crippen LogP) is 4.76. The van der Waals surface area contributed by atoms with Gasteiger partial charge in [-0.1, -0.05) is 18.6 Å². The first kappa shape index (κ1) is 21.1. The zero-order valence-electron chi connectivity index (χ0n) is 17.3. The number of nitrogens with one attached hydrogen (secondary N) is 1. The number of amides is 1. The number of benzene rings is 1. The number of aromatic nitrogens is 3. The molecule has 6 nitrogen and oxygen atoms in total. The van der Waals surface area contributed by atoms with E-state index in [1.807, 2.05) is 24.5 Å². The van der Waals surface area contributed by atoms with Gasteiger partial charge >= 0.3 is 6.18 Å². The molecule has 0 aliphatic heterocycles. The van der Waals surface area contributed by atoms with Crippen molar-refractivity contribution < 1.29 is 22.4 Å². The molecular weight excluding hydrogens is 409 g/mol. The van der Waals surface area contributed by atoms with Crippen LogP contribution in [0.2, 0.25) is 0 Å². The molecule has 1 amide bonds. The second-order valence-corrected chi connectivity index (χ2v) is 7.92. The van der Waals surface area contributed by atoms with Crippen LogP contribution in [0.4, 0.5) is 13.2 Å². The second kappa shape index (κ2) is 8.20. The first-order chi connectivity index (χ1) is 14.7. The van der Waals surface area contributed by atoms with Crippen LogP contribution in [-0.4, -0.2) is 20.7 Å². The van der Waals surface area contributed by atoms with Gasteiger partial charge in [-0.15, -0.1) is 10.2 Å². The summed E-state index contributed by atoms with van der Waals surface area (Å²) in [5, 5.41) is 11.1. The lowest BCUT2D eigenvalue weighted by Gasteiger charge is -2.20. The zero-order chi connectivity index (χ0) is 22.2. The van der Waals surface area contributed by atoms with E-state index >= 15 is 0 Å². The number of aryl methyl sites for hydroxylation is 1. The Morgan fingerprint density at radius 3 is 2.52 bits per heavy atom. The van der Waals surface area contributed by atoms with Gasteiger partial charge < -0.3 is 14.3 Å². The fourth-order valence-corrected chi connectivity index (χ4v) is 3.64. The molecule has 1 aliphatic carbocycles. The number of nitrogens with zero attached hydrogens (tertiary/aromatic N) is 3. The Balaban J connectivity index is 1.40. The molecule has 0 unspecified atom stereocenters. The summed E-state index contributed by atoms with van der Waals surface area (Å²) in [5.74, 6) is 1.22. The Labute approximate surface area is 177 Å². The van der Waals surface area contributed by atoms with Gasteiger partial charge in [-0.05, 0) is 50.5 Å². The van der Waals surface area contributed by atoms with Crippen molar-refractivity contribution in [3.63, 3.8) is 0 Å². The number of hydrogen-bond acceptors (Lipinski definition) is 4. The van der Waals surface area contributed by atoms with Gasteiger partial charge in [-0.25, -0.2) is 0 Å². The zero-order valence-corrected chi connectivity index (χ0v) is 17.3. The molecule has 2 heterocycles. The van der Waals surface area contributed by atoms with Crippen molar-refractivity contribution in [3.8, 4) is 11.5 Å². The summed E-state index contributed by atoms with van der Waals surface area (Å²) in [6.45, 7) is 4.01. The SMILES string of the molecule is Cc1cc(-c2nnc(C3CCC3)o2)c(C)n1CC(=O)NCc1ccc(C(F)(F)F)cc1. The molecule has 3 aromatic rings. The van der Waals surface area contributed by atoms with Gasteiger partial charge in [-0.3, -0.25) is 4.79 Å². The number of carbonyl (C=O) groups excluding carboxylic acids is 1. The molecule has 2 aromatic heterocycles. The van der Waals surface area contributed by atoms with E-state index in [0.717, 1.165) is 41.9 Å². The number of hydrogen-bond donors (Lipinski definition) is 1. The van der Waals surface area contributed by atoms with Crippen molar-refractivity contribution in [1.82, 2.24) is 20.1 Å². The molecule has 4 rings (SSSR count). The lowest BCUT2D eigenvalue weighted by atomic mass is 9.85. The minimum absolute atomic E-state index is 0.0852. The van der Waals surface area contributed by atoms with Crippen molar-refractivity contribution >= 4 is 5.91 Å². The predicted molar refractivity (Wildman–Crippen MR) is 107 cm³/mol. The van der Waals surface area contributed by atoms with Crippen molar-refractivity contribution in [2.75, 3.05) is 0 Å². The molecule has 0 saturated heterocycles. The fraction of sp³-hybridized carbons (Fsp3) is 0.409. The van der Waals surface area contributed by atoms with Gasteiger partial charge in [-0.2, -0.15) is 13.2 Å². The van der Waals surface area contributed by atoms with Crippen LogP contribution in [0.25, 0.3) is 11.5 Å². The Morgan fingerprint density at radius 1 is 1.19 bits per heavy atom. The first-order valence-corrected chi connectivity index (χ1v) is 10.2. The fourth-order valence-electron chi connectivity index (χ4n) is 3.64. The van der Waals surface area contributed by atoms with Crippen molar-refractivity contribution in [3.05, 3.63) is 58.7 Å². The van der Waals surface area contributed by atoms with Crippen LogP contribution in [0.3, 0.4) is 0 Å². The summed E-state index contributed by atoms with van der Waals surface area (Å²) >= 11 is 0. The molecule has 1 N–H and O–H groups in total. The molecule has 1 aliphatic rings. The number of rotatable bonds is 6. The minimum atomic E-state index is -4.38. The van der Waals surface area contributed by atoms with E-state index in [2.05, 4.69) is 15.5 Å². The lowest BCUT2D eigenvalue weighted by molar-refractivity contribution is -0.137. The average molecular weight is 432 g/mol. The van der Waals surface area contributed by atoms with E-state index < -0.39 is 11.7 Å². The molecule has 1 saturated carbocycles. The van der Waals surface area contributed by atoms with Gasteiger partial charge in [0, 0.05) is 23.9 Å². The van der Waals surface area contributed by atoms with Crippen LogP contribution in [-0.2, 0) is 24.1 Å². The van der Waals surface area contributed by atoms with E-state index in [-0.39, 0.29) is 19.0 Å². The normalized spacial score (nSPS) is 14.5. The van der Waals surface area contributed by atoms with Gasteiger partial charge in [0.2, 0.25) is 17.7 Å². The van der Waals surface area contributed by atoms with Crippen LogP contribution in [0.5, 0.6) is 0 Å².